The summed E-state index contributed by atoms with van der Waals surface area (Å²) in [5.74, 6) is -0.751. The summed E-state index contributed by atoms with van der Waals surface area (Å²) in [6.07, 6.45) is -2.35. The predicted molar refractivity (Wildman–Crippen MR) is 62.5 cm³/mol. The summed E-state index contributed by atoms with van der Waals surface area (Å²) in [6, 6.07) is 7.18. The lowest BCUT2D eigenvalue weighted by Gasteiger charge is -2.30. The second kappa shape index (κ2) is 4.91. The van der Waals surface area contributed by atoms with Gasteiger partial charge in [-0.15, -0.1) is 0 Å². The van der Waals surface area contributed by atoms with E-state index < -0.39 is 17.8 Å². The zero-order valence-electron chi connectivity index (χ0n) is 10.0. The van der Waals surface area contributed by atoms with Crippen LogP contribution < -0.4 is 5.73 Å². The maximum Gasteiger partial charge on any atom is 0.245 e. The summed E-state index contributed by atoms with van der Waals surface area (Å²) in [6.45, 7) is 5.88. The van der Waals surface area contributed by atoms with E-state index in [1.807, 2.05) is 26.8 Å². The highest BCUT2D eigenvalue weighted by Crippen LogP contribution is 2.39. The number of halogens is 2. The summed E-state index contributed by atoms with van der Waals surface area (Å²) >= 11 is 0. The first-order valence-corrected chi connectivity index (χ1v) is 5.43. The third kappa shape index (κ3) is 3.01. The Morgan fingerprint density at radius 1 is 1.25 bits per heavy atom. The molecular formula is C13H19F2N. The molecule has 1 aromatic rings. The molecule has 1 nitrogen and oxygen atoms in total. The fourth-order valence-electron chi connectivity index (χ4n) is 1.94. The average molecular weight is 227 g/mol. The van der Waals surface area contributed by atoms with Gasteiger partial charge in [-0.3, -0.25) is 0 Å². The quantitative estimate of drug-likeness (QED) is 0.839. The molecule has 1 unspecified atom stereocenters. The van der Waals surface area contributed by atoms with Crippen molar-refractivity contribution >= 4 is 0 Å². The maximum atomic E-state index is 13.1. The van der Waals surface area contributed by atoms with Gasteiger partial charge < -0.3 is 5.73 Å². The van der Waals surface area contributed by atoms with E-state index in [1.165, 1.54) is 0 Å². The number of benzene rings is 1. The smallest absolute Gasteiger partial charge is 0.245 e. The third-order valence-corrected chi connectivity index (χ3v) is 2.73. The Kier molecular flexibility index (Phi) is 4.03. The maximum absolute atomic E-state index is 13.1. The van der Waals surface area contributed by atoms with Crippen LogP contribution in [-0.2, 0) is 6.54 Å². The molecule has 0 saturated carbocycles. The number of hydrogen-bond donors (Lipinski definition) is 1. The van der Waals surface area contributed by atoms with Gasteiger partial charge in [0.25, 0.3) is 0 Å². The van der Waals surface area contributed by atoms with Gasteiger partial charge in [-0.05, 0) is 16.5 Å². The fraction of sp³-hybridized carbons (Fsp3) is 0.538. The highest BCUT2D eigenvalue weighted by Gasteiger charge is 2.33. The Balaban J connectivity index is 3.11. The molecule has 0 aromatic heterocycles. The van der Waals surface area contributed by atoms with Crippen LogP contribution in [-0.4, -0.2) is 6.43 Å². The molecule has 90 valence electrons. The Hall–Kier alpha value is -0.960. The minimum Gasteiger partial charge on any atom is -0.326 e. The second-order valence-corrected chi connectivity index (χ2v) is 5.13. The highest BCUT2D eigenvalue weighted by atomic mass is 19.3. The molecule has 0 saturated heterocycles. The van der Waals surface area contributed by atoms with Gasteiger partial charge in [0.15, 0.2) is 0 Å². The molecule has 0 aliphatic carbocycles. The van der Waals surface area contributed by atoms with Crippen LogP contribution in [0.15, 0.2) is 24.3 Å². The van der Waals surface area contributed by atoms with E-state index in [4.69, 9.17) is 5.73 Å². The first-order chi connectivity index (χ1) is 7.36. The Bertz CT molecular complexity index is 342. The number of alkyl halides is 2. The van der Waals surface area contributed by atoms with Gasteiger partial charge in [0.05, 0.1) is 0 Å². The van der Waals surface area contributed by atoms with Crippen LogP contribution in [0.3, 0.4) is 0 Å². The molecule has 0 amide bonds. The van der Waals surface area contributed by atoms with E-state index in [0.717, 1.165) is 5.56 Å². The normalized spacial score (nSPS) is 14.2. The molecule has 0 aliphatic heterocycles. The topological polar surface area (TPSA) is 26.0 Å². The molecule has 0 spiro atoms. The highest BCUT2D eigenvalue weighted by molar-refractivity contribution is 5.28. The van der Waals surface area contributed by atoms with Crippen molar-refractivity contribution in [3.8, 4) is 0 Å². The molecule has 3 heteroatoms. The first kappa shape index (κ1) is 13.1. The van der Waals surface area contributed by atoms with Crippen LogP contribution >= 0.6 is 0 Å². The standard InChI is InChI=1S/C13H19F2N/c1-13(2,3)11(12(14)15)10-6-4-5-9(7-10)8-16/h4-7,11-12H,8,16H2,1-3H3. The van der Waals surface area contributed by atoms with Gasteiger partial charge in [0.1, 0.15) is 0 Å². The number of hydrogen-bond acceptors (Lipinski definition) is 1. The molecule has 2 N–H and O–H groups in total. The minimum atomic E-state index is -2.35. The molecule has 1 aromatic carbocycles. The van der Waals surface area contributed by atoms with Crippen molar-refractivity contribution < 1.29 is 8.78 Å². The van der Waals surface area contributed by atoms with Crippen molar-refractivity contribution in [3.63, 3.8) is 0 Å². The van der Waals surface area contributed by atoms with Crippen molar-refractivity contribution in [1.29, 1.82) is 0 Å². The van der Waals surface area contributed by atoms with E-state index in [9.17, 15) is 8.78 Å². The molecule has 0 radical (unpaired) electrons. The van der Waals surface area contributed by atoms with Crippen LogP contribution in [0, 0.1) is 5.41 Å². The fourth-order valence-corrected chi connectivity index (χ4v) is 1.94. The molecular weight excluding hydrogens is 208 g/mol. The van der Waals surface area contributed by atoms with Crippen molar-refractivity contribution in [3.05, 3.63) is 35.4 Å². The average Bonchev–Trinajstić information content (AvgIpc) is 2.15. The van der Waals surface area contributed by atoms with Crippen LogP contribution in [0.25, 0.3) is 0 Å². The minimum absolute atomic E-state index is 0.383. The summed E-state index contributed by atoms with van der Waals surface area (Å²) in [4.78, 5) is 0. The molecule has 16 heavy (non-hydrogen) atoms. The van der Waals surface area contributed by atoms with Gasteiger partial charge in [0, 0.05) is 12.5 Å². The van der Waals surface area contributed by atoms with Crippen molar-refractivity contribution in [2.75, 3.05) is 0 Å². The number of rotatable bonds is 3. The summed E-state index contributed by atoms with van der Waals surface area (Å²) in [5, 5.41) is 0. The van der Waals surface area contributed by atoms with E-state index in [1.54, 1.807) is 18.2 Å². The van der Waals surface area contributed by atoms with Gasteiger partial charge in [0.2, 0.25) is 6.43 Å². The van der Waals surface area contributed by atoms with Crippen molar-refractivity contribution in [1.82, 2.24) is 0 Å². The monoisotopic (exact) mass is 227 g/mol. The molecule has 1 atom stereocenters. The second-order valence-electron chi connectivity index (χ2n) is 5.13. The van der Waals surface area contributed by atoms with Crippen LogP contribution in [0.1, 0.15) is 37.8 Å². The van der Waals surface area contributed by atoms with Gasteiger partial charge in [-0.1, -0.05) is 45.0 Å². The van der Waals surface area contributed by atoms with Gasteiger partial charge in [-0.2, -0.15) is 0 Å². The van der Waals surface area contributed by atoms with Crippen LogP contribution in [0.5, 0.6) is 0 Å². The molecule has 0 heterocycles. The summed E-state index contributed by atoms with van der Waals surface area (Å²) < 4.78 is 26.2. The molecule has 1 rings (SSSR count). The van der Waals surface area contributed by atoms with Crippen molar-refractivity contribution in [2.45, 2.75) is 39.7 Å². The zero-order valence-corrected chi connectivity index (χ0v) is 10.0. The summed E-state index contributed by atoms with van der Waals surface area (Å²) in [5.41, 5.74) is 6.63. The van der Waals surface area contributed by atoms with Crippen LogP contribution in [0.4, 0.5) is 8.78 Å². The first-order valence-electron chi connectivity index (χ1n) is 5.43. The largest absolute Gasteiger partial charge is 0.326 e. The van der Waals surface area contributed by atoms with E-state index in [0.29, 0.717) is 12.1 Å². The van der Waals surface area contributed by atoms with E-state index in [-0.39, 0.29) is 0 Å². The third-order valence-electron chi connectivity index (χ3n) is 2.73. The summed E-state index contributed by atoms with van der Waals surface area (Å²) in [7, 11) is 0. The van der Waals surface area contributed by atoms with Gasteiger partial charge >= 0.3 is 0 Å². The van der Waals surface area contributed by atoms with Crippen LogP contribution in [0.2, 0.25) is 0 Å². The lowest BCUT2D eigenvalue weighted by Crippen LogP contribution is -2.25. The van der Waals surface area contributed by atoms with E-state index in [2.05, 4.69) is 0 Å². The Morgan fingerprint density at radius 2 is 1.88 bits per heavy atom. The van der Waals surface area contributed by atoms with Crippen molar-refractivity contribution in [2.24, 2.45) is 11.1 Å². The van der Waals surface area contributed by atoms with Gasteiger partial charge in [-0.25, -0.2) is 8.78 Å². The number of nitrogens with two attached hydrogens (primary N) is 1. The lowest BCUT2D eigenvalue weighted by molar-refractivity contribution is 0.0623. The Morgan fingerprint density at radius 3 is 2.31 bits per heavy atom. The molecule has 0 aliphatic rings. The van der Waals surface area contributed by atoms with E-state index >= 15 is 0 Å². The SMILES string of the molecule is CC(C)(C)C(c1cccc(CN)c1)C(F)F. The molecule has 0 fully saturated rings. The predicted octanol–water partition coefficient (Wildman–Crippen LogP) is 3.54. The molecule has 0 bridgehead atoms. The lowest BCUT2D eigenvalue weighted by atomic mass is 9.76. The Labute approximate surface area is 95.7 Å². The zero-order chi connectivity index (χ0) is 12.3.